The van der Waals surface area contributed by atoms with E-state index in [1.807, 2.05) is 0 Å². The van der Waals surface area contributed by atoms with Crippen LogP contribution in [0.3, 0.4) is 0 Å². The van der Waals surface area contributed by atoms with Crippen molar-refractivity contribution in [3.63, 3.8) is 0 Å². The number of methoxy groups -OCH3 is 1. The first-order valence-electron chi connectivity index (χ1n) is 5.06. The molecule has 0 bridgehead atoms. The number of nitrogens with one attached hydrogen (secondary N) is 2. The second kappa shape index (κ2) is 6.42. The maximum atomic E-state index is 5.28. The highest BCUT2D eigenvalue weighted by atomic mass is 32.2. The zero-order chi connectivity index (χ0) is 12.0. The van der Waals surface area contributed by atoms with E-state index >= 15 is 0 Å². The number of rotatable bonds is 6. The third-order valence-electron chi connectivity index (χ3n) is 2.20. The van der Waals surface area contributed by atoms with E-state index in [2.05, 4.69) is 33.8 Å². The van der Waals surface area contributed by atoms with Gasteiger partial charge >= 0.3 is 0 Å². The summed E-state index contributed by atoms with van der Waals surface area (Å²) < 4.78 is 5.28. The van der Waals surface area contributed by atoms with Crippen LogP contribution in [0.4, 0.5) is 11.6 Å². The highest BCUT2D eigenvalue weighted by Gasteiger charge is 2.11. The minimum atomic E-state index is 0.526. The Labute approximate surface area is 100 Å². The van der Waals surface area contributed by atoms with Crippen molar-refractivity contribution in [2.75, 3.05) is 37.6 Å². The number of aromatic nitrogens is 2. The summed E-state index contributed by atoms with van der Waals surface area (Å²) in [4.78, 5) is 8.25. The predicted molar refractivity (Wildman–Crippen MR) is 69.6 cm³/mol. The summed E-state index contributed by atoms with van der Waals surface area (Å²) >= 11 is 1.81. The Morgan fingerprint density at radius 1 is 1.44 bits per heavy atom. The summed E-state index contributed by atoms with van der Waals surface area (Å²) in [6.07, 6.45) is 3.60. The molecule has 0 aromatic carbocycles. The molecule has 1 heterocycles. The average Bonchev–Trinajstić information content (AvgIpc) is 2.34. The molecule has 0 amide bonds. The molecule has 90 valence electrons. The van der Waals surface area contributed by atoms with E-state index in [0.717, 1.165) is 12.4 Å². The molecule has 1 aromatic rings. The first-order chi connectivity index (χ1) is 7.72. The van der Waals surface area contributed by atoms with E-state index in [1.54, 1.807) is 25.9 Å². The minimum Gasteiger partial charge on any atom is -0.490 e. The molecule has 0 radical (unpaired) electrons. The van der Waals surface area contributed by atoms with Crippen molar-refractivity contribution < 1.29 is 4.74 Å². The molecule has 1 rings (SSSR count). The Morgan fingerprint density at radius 2 is 2.12 bits per heavy atom. The molecule has 5 nitrogen and oxygen atoms in total. The maximum absolute atomic E-state index is 5.28. The molecule has 1 atom stereocenters. The number of anilines is 2. The second-order valence-electron chi connectivity index (χ2n) is 3.28. The lowest BCUT2D eigenvalue weighted by atomic mass is 10.4. The molecule has 1 aromatic heterocycles. The highest BCUT2D eigenvalue weighted by Crippen LogP contribution is 2.28. The zero-order valence-electron chi connectivity index (χ0n) is 10.1. The fraction of sp³-hybridized carbons (Fsp3) is 0.600. The van der Waals surface area contributed by atoms with Crippen LogP contribution in [0, 0.1) is 0 Å². The van der Waals surface area contributed by atoms with Crippen molar-refractivity contribution in [3.05, 3.63) is 6.33 Å². The Balaban J connectivity index is 2.78. The van der Waals surface area contributed by atoms with E-state index in [1.165, 1.54) is 6.33 Å². The van der Waals surface area contributed by atoms with Gasteiger partial charge in [-0.15, -0.1) is 0 Å². The largest absolute Gasteiger partial charge is 0.490 e. The van der Waals surface area contributed by atoms with E-state index in [4.69, 9.17) is 4.74 Å². The van der Waals surface area contributed by atoms with E-state index in [-0.39, 0.29) is 0 Å². The lowest BCUT2D eigenvalue weighted by Gasteiger charge is -2.14. The van der Waals surface area contributed by atoms with Gasteiger partial charge in [-0.2, -0.15) is 11.8 Å². The van der Waals surface area contributed by atoms with Crippen LogP contribution >= 0.6 is 11.8 Å². The summed E-state index contributed by atoms with van der Waals surface area (Å²) in [5.74, 6) is 2.07. The summed E-state index contributed by atoms with van der Waals surface area (Å²) in [7, 11) is 3.42. The lowest BCUT2D eigenvalue weighted by Crippen LogP contribution is -2.15. The SMILES string of the molecule is CNc1ncnc(NCC(C)SC)c1OC. The van der Waals surface area contributed by atoms with Crippen LogP contribution in [0.25, 0.3) is 0 Å². The number of ether oxygens (including phenoxy) is 1. The third kappa shape index (κ3) is 3.16. The van der Waals surface area contributed by atoms with E-state index < -0.39 is 0 Å². The molecule has 0 saturated carbocycles. The van der Waals surface area contributed by atoms with E-state index in [9.17, 15) is 0 Å². The van der Waals surface area contributed by atoms with Crippen molar-refractivity contribution in [2.45, 2.75) is 12.2 Å². The molecule has 0 aliphatic rings. The fourth-order valence-electron chi connectivity index (χ4n) is 1.19. The molecule has 1 unspecified atom stereocenters. The molecule has 0 aliphatic carbocycles. The molecular formula is C10H18N4OS. The van der Waals surface area contributed by atoms with Crippen LogP contribution in [-0.2, 0) is 0 Å². The van der Waals surface area contributed by atoms with Crippen LogP contribution in [0.2, 0.25) is 0 Å². The van der Waals surface area contributed by atoms with Crippen molar-refractivity contribution in [1.29, 1.82) is 0 Å². The van der Waals surface area contributed by atoms with Gasteiger partial charge in [-0.05, 0) is 6.26 Å². The fourth-order valence-corrected chi connectivity index (χ4v) is 1.44. The Morgan fingerprint density at radius 3 is 2.69 bits per heavy atom. The Kier molecular flexibility index (Phi) is 5.18. The van der Waals surface area contributed by atoms with Crippen LogP contribution in [0.1, 0.15) is 6.92 Å². The summed E-state index contributed by atoms with van der Waals surface area (Å²) in [5.41, 5.74) is 0. The average molecular weight is 242 g/mol. The zero-order valence-corrected chi connectivity index (χ0v) is 10.9. The quantitative estimate of drug-likeness (QED) is 0.791. The number of hydrogen-bond acceptors (Lipinski definition) is 6. The molecule has 6 heteroatoms. The number of nitrogens with zero attached hydrogens (tertiary/aromatic N) is 2. The van der Waals surface area contributed by atoms with Crippen molar-refractivity contribution in [3.8, 4) is 5.75 Å². The van der Waals surface area contributed by atoms with Crippen molar-refractivity contribution in [1.82, 2.24) is 9.97 Å². The minimum absolute atomic E-state index is 0.526. The molecule has 0 saturated heterocycles. The number of thioether (sulfide) groups is 1. The van der Waals surface area contributed by atoms with Gasteiger partial charge in [0.25, 0.3) is 0 Å². The van der Waals surface area contributed by atoms with Crippen LogP contribution in [-0.4, -0.2) is 42.2 Å². The summed E-state index contributed by atoms with van der Waals surface area (Å²) in [6.45, 7) is 3.00. The maximum Gasteiger partial charge on any atom is 0.204 e. The summed E-state index contributed by atoms with van der Waals surface area (Å²) in [5, 5.41) is 6.75. The first kappa shape index (κ1) is 12.9. The molecular weight excluding hydrogens is 224 g/mol. The third-order valence-corrected chi connectivity index (χ3v) is 3.18. The Bertz CT molecular complexity index is 335. The van der Waals surface area contributed by atoms with Crippen LogP contribution < -0.4 is 15.4 Å². The number of hydrogen-bond donors (Lipinski definition) is 2. The van der Waals surface area contributed by atoms with Crippen molar-refractivity contribution in [2.24, 2.45) is 0 Å². The van der Waals surface area contributed by atoms with E-state index in [0.29, 0.717) is 16.8 Å². The molecule has 0 aliphatic heterocycles. The van der Waals surface area contributed by atoms with Gasteiger partial charge in [0.2, 0.25) is 5.75 Å². The monoisotopic (exact) mass is 242 g/mol. The molecule has 0 fully saturated rings. The molecule has 2 N–H and O–H groups in total. The highest BCUT2D eigenvalue weighted by molar-refractivity contribution is 7.99. The van der Waals surface area contributed by atoms with Gasteiger partial charge in [-0.3, -0.25) is 0 Å². The predicted octanol–water partition coefficient (Wildman–Crippen LogP) is 1.69. The smallest absolute Gasteiger partial charge is 0.204 e. The molecule has 16 heavy (non-hydrogen) atoms. The molecule has 0 spiro atoms. The van der Waals surface area contributed by atoms with Gasteiger partial charge in [0.1, 0.15) is 6.33 Å². The normalized spacial score (nSPS) is 12.0. The standard InChI is InChI=1S/C10H18N4OS/c1-7(16-4)5-12-10-8(15-3)9(11-2)13-6-14-10/h6-7H,5H2,1-4H3,(H2,11,12,13,14). The van der Waals surface area contributed by atoms with Crippen LogP contribution in [0.15, 0.2) is 6.33 Å². The van der Waals surface area contributed by atoms with Gasteiger partial charge in [0, 0.05) is 18.8 Å². The van der Waals surface area contributed by atoms with Gasteiger partial charge in [-0.25, -0.2) is 9.97 Å². The van der Waals surface area contributed by atoms with Gasteiger partial charge in [-0.1, -0.05) is 6.92 Å². The summed E-state index contributed by atoms with van der Waals surface area (Å²) in [6, 6.07) is 0. The second-order valence-corrected chi connectivity index (χ2v) is 4.56. The first-order valence-corrected chi connectivity index (χ1v) is 6.35. The van der Waals surface area contributed by atoms with Crippen molar-refractivity contribution >= 4 is 23.4 Å². The topological polar surface area (TPSA) is 59.1 Å². The van der Waals surface area contributed by atoms with Gasteiger partial charge < -0.3 is 15.4 Å². The van der Waals surface area contributed by atoms with Crippen LogP contribution in [0.5, 0.6) is 5.75 Å². The van der Waals surface area contributed by atoms with Gasteiger partial charge in [0.05, 0.1) is 7.11 Å². The Hall–Kier alpha value is -1.17. The van der Waals surface area contributed by atoms with Gasteiger partial charge in [0.15, 0.2) is 11.6 Å². The lowest BCUT2D eigenvalue weighted by molar-refractivity contribution is 0.415.